The van der Waals surface area contributed by atoms with Crippen LogP contribution in [0, 0.1) is 0 Å². The maximum absolute atomic E-state index is 5.82. The first-order valence-electron chi connectivity index (χ1n) is 6.17. The van der Waals surface area contributed by atoms with Gasteiger partial charge in [0.05, 0.1) is 5.69 Å². The minimum Gasteiger partial charge on any atom is -0.326 e. The fourth-order valence-corrected chi connectivity index (χ4v) is 3.65. The molecular formula is C14H18N2S2. The lowest BCUT2D eigenvalue weighted by atomic mass is 10.1. The van der Waals surface area contributed by atoms with Crippen LogP contribution in [0.3, 0.4) is 0 Å². The largest absolute Gasteiger partial charge is 0.326 e. The van der Waals surface area contributed by atoms with Crippen molar-refractivity contribution in [1.29, 1.82) is 0 Å². The molecule has 0 fully saturated rings. The van der Waals surface area contributed by atoms with Gasteiger partial charge in [-0.25, -0.2) is 4.98 Å². The molecule has 1 aromatic carbocycles. The third-order valence-corrected chi connectivity index (χ3v) is 4.98. The van der Waals surface area contributed by atoms with E-state index in [0.29, 0.717) is 6.54 Å². The molecule has 0 saturated carbocycles. The van der Waals surface area contributed by atoms with Crippen molar-refractivity contribution in [1.82, 2.24) is 4.98 Å². The first-order chi connectivity index (χ1) is 8.85. The number of benzene rings is 1. The number of nitrogens with zero attached hydrogens (tertiary/aromatic N) is 1. The minimum absolute atomic E-state index is 0.570. The van der Waals surface area contributed by atoms with Gasteiger partial charge in [0.15, 0.2) is 0 Å². The Hall–Kier alpha value is -0.840. The Bertz CT molecular complexity index is 480. The van der Waals surface area contributed by atoms with Crippen LogP contribution in [0.15, 0.2) is 30.3 Å². The lowest BCUT2D eigenvalue weighted by Crippen LogP contribution is -1.95. The molecule has 0 saturated heterocycles. The number of hydrogen-bond donors (Lipinski definition) is 1. The molecule has 0 aliphatic heterocycles. The molecule has 2 rings (SSSR count). The Labute approximate surface area is 117 Å². The molecule has 2 nitrogen and oxygen atoms in total. The Morgan fingerprint density at radius 3 is 2.72 bits per heavy atom. The summed E-state index contributed by atoms with van der Waals surface area (Å²) >= 11 is 3.69. The zero-order chi connectivity index (χ0) is 12.8. The quantitative estimate of drug-likeness (QED) is 0.814. The summed E-state index contributed by atoms with van der Waals surface area (Å²) in [6.45, 7) is 2.77. The molecule has 18 heavy (non-hydrogen) atoms. The second kappa shape index (κ2) is 6.92. The third-order valence-electron chi connectivity index (χ3n) is 2.55. The average molecular weight is 278 g/mol. The molecule has 0 aliphatic rings. The molecule has 96 valence electrons. The van der Waals surface area contributed by atoms with Crippen molar-refractivity contribution in [3.8, 4) is 11.3 Å². The van der Waals surface area contributed by atoms with E-state index in [1.807, 2.05) is 30.0 Å². The number of aromatic nitrogens is 1. The lowest BCUT2D eigenvalue weighted by molar-refractivity contribution is 1.09. The van der Waals surface area contributed by atoms with E-state index in [2.05, 4.69) is 19.1 Å². The lowest BCUT2D eigenvalue weighted by Gasteiger charge is -1.98. The predicted molar refractivity (Wildman–Crippen MR) is 81.9 cm³/mol. The predicted octanol–water partition coefficient (Wildman–Crippen LogP) is 3.91. The zero-order valence-corrected chi connectivity index (χ0v) is 12.2. The average Bonchev–Trinajstić information content (AvgIpc) is 2.83. The molecule has 0 radical (unpaired) electrons. The van der Waals surface area contributed by atoms with Crippen LogP contribution in [-0.2, 0) is 12.3 Å². The topological polar surface area (TPSA) is 38.9 Å². The van der Waals surface area contributed by atoms with E-state index in [1.165, 1.54) is 27.6 Å². The van der Waals surface area contributed by atoms with Gasteiger partial charge in [-0.2, -0.15) is 11.8 Å². The van der Waals surface area contributed by atoms with Crippen LogP contribution in [0.25, 0.3) is 11.3 Å². The summed E-state index contributed by atoms with van der Waals surface area (Å²) in [7, 11) is 0. The molecule has 0 spiro atoms. The summed E-state index contributed by atoms with van der Waals surface area (Å²) in [5.74, 6) is 2.19. The van der Waals surface area contributed by atoms with Gasteiger partial charge in [-0.1, -0.05) is 37.3 Å². The van der Waals surface area contributed by atoms with Gasteiger partial charge in [0.25, 0.3) is 0 Å². The van der Waals surface area contributed by atoms with Gasteiger partial charge in [0.1, 0.15) is 5.01 Å². The first-order valence-corrected chi connectivity index (χ1v) is 8.14. The van der Waals surface area contributed by atoms with Crippen LogP contribution in [0.1, 0.15) is 23.2 Å². The van der Waals surface area contributed by atoms with E-state index in [-0.39, 0.29) is 0 Å². The summed E-state index contributed by atoms with van der Waals surface area (Å²) < 4.78 is 0. The second-order valence-corrected chi connectivity index (χ2v) is 6.28. The number of thiazole rings is 1. The van der Waals surface area contributed by atoms with Crippen molar-refractivity contribution in [2.75, 3.05) is 5.75 Å². The van der Waals surface area contributed by atoms with Crippen LogP contribution in [-0.4, -0.2) is 10.7 Å². The fraction of sp³-hybridized carbons (Fsp3) is 0.357. The Morgan fingerprint density at radius 1 is 1.28 bits per heavy atom. The standard InChI is InChI=1S/C14H18N2S2/c1-2-8-17-10-13-16-14(12(9-15)18-13)11-6-4-3-5-7-11/h3-7H,2,8-10,15H2,1H3. The second-order valence-electron chi connectivity index (χ2n) is 4.00. The van der Waals surface area contributed by atoms with Gasteiger partial charge < -0.3 is 5.73 Å². The molecule has 2 aromatic rings. The Balaban J connectivity index is 2.19. The van der Waals surface area contributed by atoms with Gasteiger partial charge >= 0.3 is 0 Å². The number of thioether (sulfide) groups is 1. The van der Waals surface area contributed by atoms with Crippen LogP contribution in [0.2, 0.25) is 0 Å². The van der Waals surface area contributed by atoms with E-state index in [4.69, 9.17) is 10.7 Å². The highest BCUT2D eigenvalue weighted by Gasteiger charge is 2.11. The van der Waals surface area contributed by atoms with Crippen LogP contribution in [0.5, 0.6) is 0 Å². The maximum atomic E-state index is 5.82. The van der Waals surface area contributed by atoms with Crippen LogP contribution < -0.4 is 5.73 Å². The van der Waals surface area contributed by atoms with Gasteiger partial charge in [-0.3, -0.25) is 0 Å². The molecule has 0 amide bonds. The van der Waals surface area contributed by atoms with Gasteiger partial charge in [-0.05, 0) is 12.2 Å². The number of rotatable bonds is 6. The Morgan fingerprint density at radius 2 is 2.06 bits per heavy atom. The summed E-state index contributed by atoms with van der Waals surface area (Å²) in [6, 6.07) is 10.3. The molecule has 0 aliphatic carbocycles. The molecular weight excluding hydrogens is 260 g/mol. The molecule has 1 aromatic heterocycles. The van der Waals surface area contributed by atoms with E-state index in [0.717, 1.165) is 11.4 Å². The van der Waals surface area contributed by atoms with Crippen molar-refractivity contribution < 1.29 is 0 Å². The molecule has 2 N–H and O–H groups in total. The molecule has 0 bridgehead atoms. The smallest absolute Gasteiger partial charge is 0.103 e. The molecule has 0 unspecified atom stereocenters. The number of nitrogens with two attached hydrogens (primary N) is 1. The van der Waals surface area contributed by atoms with Crippen molar-refractivity contribution >= 4 is 23.1 Å². The van der Waals surface area contributed by atoms with Gasteiger partial charge in [0.2, 0.25) is 0 Å². The van der Waals surface area contributed by atoms with Gasteiger partial charge in [-0.15, -0.1) is 11.3 Å². The summed E-state index contributed by atoms with van der Waals surface area (Å²) in [6.07, 6.45) is 1.21. The normalized spacial score (nSPS) is 10.8. The van der Waals surface area contributed by atoms with Crippen LogP contribution >= 0.6 is 23.1 Å². The molecule has 4 heteroatoms. The van der Waals surface area contributed by atoms with Crippen molar-refractivity contribution in [2.24, 2.45) is 5.73 Å². The number of hydrogen-bond acceptors (Lipinski definition) is 4. The highest BCUT2D eigenvalue weighted by molar-refractivity contribution is 7.98. The van der Waals surface area contributed by atoms with Crippen molar-refractivity contribution in [2.45, 2.75) is 25.6 Å². The minimum atomic E-state index is 0.570. The molecule has 1 heterocycles. The third kappa shape index (κ3) is 3.34. The Kier molecular flexibility index (Phi) is 5.23. The highest BCUT2D eigenvalue weighted by atomic mass is 32.2. The zero-order valence-electron chi connectivity index (χ0n) is 10.6. The maximum Gasteiger partial charge on any atom is 0.103 e. The SMILES string of the molecule is CCCSCc1nc(-c2ccccc2)c(CN)s1. The summed E-state index contributed by atoms with van der Waals surface area (Å²) in [5.41, 5.74) is 8.05. The first kappa shape index (κ1) is 13.6. The van der Waals surface area contributed by atoms with Crippen molar-refractivity contribution in [3.05, 3.63) is 40.2 Å². The molecule has 0 atom stereocenters. The van der Waals surface area contributed by atoms with Gasteiger partial charge in [0, 0.05) is 22.7 Å². The van der Waals surface area contributed by atoms with Crippen molar-refractivity contribution in [3.63, 3.8) is 0 Å². The fourth-order valence-electron chi connectivity index (χ4n) is 1.73. The monoisotopic (exact) mass is 278 g/mol. The summed E-state index contributed by atoms with van der Waals surface area (Å²) in [5, 5.41) is 1.19. The highest BCUT2D eigenvalue weighted by Crippen LogP contribution is 2.29. The van der Waals surface area contributed by atoms with E-state index < -0.39 is 0 Å². The van der Waals surface area contributed by atoms with E-state index in [1.54, 1.807) is 11.3 Å². The van der Waals surface area contributed by atoms with Crippen LogP contribution in [0.4, 0.5) is 0 Å². The van der Waals surface area contributed by atoms with E-state index >= 15 is 0 Å². The van der Waals surface area contributed by atoms with E-state index in [9.17, 15) is 0 Å². The summed E-state index contributed by atoms with van der Waals surface area (Å²) in [4.78, 5) is 5.93.